The predicted octanol–water partition coefficient (Wildman–Crippen LogP) is 3.80. The molecule has 0 amide bonds. The van der Waals surface area contributed by atoms with Crippen LogP contribution in [0.2, 0.25) is 0 Å². The van der Waals surface area contributed by atoms with Crippen LogP contribution in [0, 0.1) is 0 Å². The maximum atomic E-state index is 10.5. The van der Waals surface area contributed by atoms with Crippen LogP contribution in [0.4, 0.5) is 0 Å². The largest absolute Gasteiger partial charge is 0.695 e. The third-order valence-corrected chi connectivity index (χ3v) is 2.94. The molecule has 1 aromatic heterocycles. The molecule has 7 heteroatoms. The standard InChI is InChI=1S/C12H9BrNO4P/c13-11-5-2-6-12(14-11)18-10-4-1-3-9(7-10)8-17-19(15)16/h1-7H,8H2/p+1. The lowest BCUT2D eigenvalue weighted by Crippen LogP contribution is -1.90. The predicted molar refractivity (Wildman–Crippen MR) is 73.1 cm³/mol. The minimum absolute atomic E-state index is 0.0504. The summed E-state index contributed by atoms with van der Waals surface area (Å²) in [6.07, 6.45) is 0. The minimum Gasteiger partial charge on any atom is -0.439 e. The summed E-state index contributed by atoms with van der Waals surface area (Å²) in [6, 6.07) is 12.4. The molecule has 98 valence electrons. The summed E-state index contributed by atoms with van der Waals surface area (Å²) in [5.74, 6) is 1.04. The summed E-state index contributed by atoms with van der Waals surface area (Å²) in [7, 11) is -2.60. The van der Waals surface area contributed by atoms with Gasteiger partial charge in [-0.05, 0) is 39.7 Å². The number of hydrogen-bond donors (Lipinski definition) is 1. The average molecular weight is 343 g/mol. The summed E-state index contributed by atoms with van der Waals surface area (Å²) < 4.78 is 21.4. The Morgan fingerprint density at radius 2 is 2.05 bits per heavy atom. The molecule has 2 aromatic rings. The van der Waals surface area contributed by atoms with Gasteiger partial charge in [-0.3, -0.25) is 0 Å². The number of ether oxygens (including phenoxy) is 1. The Hall–Kier alpha value is -1.33. The van der Waals surface area contributed by atoms with Gasteiger partial charge >= 0.3 is 8.25 Å². The Labute approximate surface area is 119 Å². The maximum Gasteiger partial charge on any atom is 0.695 e. The van der Waals surface area contributed by atoms with E-state index in [0.29, 0.717) is 16.2 Å². The summed E-state index contributed by atoms with van der Waals surface area (Å²) in [4.78, 5) is 12.7. The Balaban J connectivity index is 2.08. The Bertz CT molecular complexity index is 593. The molecule has 0 fully saturated rings. The topological polar surface area (TPSA) is 68.7 Å². The Kier molecular flexibility index (Phi) is 4.99. The third kappa shape index (κ3) is 4.69. The van der Waals surface area contributed by atoms with Crippen molar-refractivity contribution in [3.05, 3.63) is 52.6 Å². The van der Waals surface area contributed by atoms with Crippen LogP contribution in [-0.4, -0.2) is 9.88 Å². The van der Waals surface area contributed by atoms with E-state index in [9.17, 15) is 4.57 Å². The van der Waals surface area contributed by atoms with Gasteiger partial charge in [-0.1, -0.05) is 18.2 Å². The highest BCUT2D eigenvalue weighted by Crippen LogP contribution is 2.24. The smallest absolute Gasteiger partial charge is 0.439 e. The van der Waals surface area contributed by atoms with Gasteiger partial charge in [0, 0.05) is 10.6 Å². The molecule has 2 rings (SSSR count). The van der Waals surface area contributed by atoms with Crippen LogP contribution >= 0.6 is 24.2 Å². The van der Waals surface area contributed by atoms with Crippen LogP contribution in [-0.2, 0) is 15.7 Å². The van der Waals surface area contributed by atoms with Crippen molar-refractivity contribution in [2.75, 3.05) is 0 Å². The zero-order chi connectivity index (χ0) is 13.7. The molecule has 0 spiro atoms. The van der Waals surface area contributed by atoms with Gasteiger partial charge < -0.3 is 4.74 Å². The lowest BCUT2D eigenvalue weighted by atomic mass is 10.2. The van der Waals surface area contributed by atoms with Crippen molar-refractivity contribution in [3.8, 4) is 11.6 Å². The molecule has 0 radical (unpaired) electrons. The van der Waals surface area contributed by atoms with E-state index < -0.39 is 8.25 Å². The molecule has 0 aliphatic heterocycles. The zero-order valence-electron chi connectivity index (χ0n) is 9.69. The molecule has 1 atom stereocenters. The number of pyridine rings is 1. The highest BCUT2D eigenvalue weighted by atomic mass is 79.9. The first-order valence-electron chi connectivity index (χ1n) is 5.32. The summed E-state index contributed by atoms with van der Waals surface area (Å²) in [6.45, 7) is 0.0504. The quantitative estimate of drug-likeness (QED) is 0.661. The van der Waals surface area contributed by atoms with Crippen LogP contribution in [0.25, 0.3) is 0 Å². The van der Waals surface area contributed by atoms with Gasteiger partial charge in [-0.25, -0.2) is 4.98 Å². The van der Waals surface area contributed by atoms with E-state index in [4.69, 9.17) is 9.63 Å². The SMILES string of the molecule is O=[P+](O)OCc1cccc(Oc2cccc(Br)n2)c1. The minimum atomic E-state index is -2.60. The maximum absolute atomic E-state index is 10.5. The normalized spacial score (nSPS) is 11.2. The van der Waals surface area contributed by atoms with Crippen LogP contribution in [0.5, 0.6) is 11.6 Å². The van der Waals surface area contributed by atoms with Crippen molar-refractivity contribution < 1.29 is 18.7 Å². The van der Waals surface area contributed by atoms with Gasteiger partial charge in [-0.15, -0.1) is 9.42 Å². The van der Waals surface area contributed by atoms with Crippen molar-refractivity contribution >= 4 is 24.2 Å². The number of rotatable bonds is 5. The molecule has 0 saturated carbocycles. The lowest BCUT2D eigenvalue weighted by Gasteiger charge is -2.05. The molecule has 0 aliphatic rings. The Morgan fingerprint density at radius 3 is 2.79 bits per heavy atom. The third-order valence-electron chi connectivity index (χ3n) is 2.15. The number of aromatic nitrogens is 1. The van der Waals surface area contributed by atoms with E-state index in [1.165, 1.54) is 0 Å². The fourth-order valence-electron chi connectivity index (χ4n) is 1.40. The van der Waals surface area contributed by atoms with Crippen LogP contribution in [0.3, 0.4) is 0 Å². The molecule has 5 nitrogen and oxygen atoms in total. The number of hydrogen-bond acceptors (Lipinski definition) is 4. The van der Waals surface area contributed by atoms with Crippen molar-refractivity contribution in [2.24, 2.45) is 0 Å². The van der Waals surface area contributed by atoms with Gasteiger partial charge in [0.1, 0.15) is 17.0 Å². The second-order valence-electron chi connectivity index (χ2n) is 3.56. The number of nitrogens with zero attached hydrogens (tertiary/aromatic N) is 1. The summed E-state index contributed by atoms with van der Waals surface area (Å²) >= 11 is 3.26. The highest BCUT2D eigenvalue weighted by molar-refractivity contribution is 9.10. The Morgan fingerprint density at radius 1 is 1.26 bits per heavy atom. The fraction of sp³-hybridized carbons (Fsp3) is 0.0833. The van der Waals surface area contributed by atoms with Crippen molar-refractivity contribution in [1.82, 2.24) is 4.98 Å². The van der Waals surface area contributed by atoms with E-state index >= 15 is 0 Å². The van der Waals surface area contributed by atoms with Crippen LogP contribution < -0.4 is 4.74 Å². The molecular weight excluding hydrogens is 333 g/mol. The van der Waals surface area contributed by atoms with E-state index in [0.717, 1.165) is 5.56 Å². The average Bonchev–Trinajstić information content (AvgIpc) is 2.37. The first-order chi connectivity index (χ1) is 9.13. The number of benzene rings is 1. The molecule has 1 N–H and O–H groups in total. The zero-order valence-corrected chi connectivity index (χ0v) is 12.2. The van der Waals surface area contributed by atoms with E-state index in [1.807, 2.05) is 6.07 Å². The van der Waals surface area contributed by atoms with E-state index in [1.54, 1.807) is 36.4 Å². The molecule has 1 heterocycles. The van der Waals surface area contributed by atoms with Crippen molar-refractivity contribution in [1.29, 1.82) is 0 Å². The van der Waals surface area contributed by atoms with Crippen LogP contribution in [0.15, 0.2) is 47.1 Å². The lowest BCUT2D eigenvalue weighted by molar-refractivity contribution is 0.272. The highest BCUT2D eigenvalue weighted by Gasteiger charge is 2.12. The monoisotopic (exact) mass is 342 g/mol. The molecule has 1 unspecified atom stereocenters. The molecule has 0 bridgehead atoms. The van der Waals surface area contributed by atoms with Crippen molar-refractivity contribution in [2.45, 2.75) is 6.61 Å². The summed E-state index contributed by atoms with van der Waals surface area (Å²) in [5.41, 5.74) is 0.741. The van der Waals surface area contributed by atoms with Crippen LogP contribution in [0.1, 0.15) is 5.56 Å². The van der Waals surface area contributed by atoms with Crippen molar-refractivity contribution in [3.63, 3.8) is 0 Å². The first kappa shape index (κ1) is 14.1. The van der Waals surface area contributed by atoms with E-state index in [-0.39, 0.29) is 6.61 Å². The van der Waals surface area contributed by atoms with Gasteiger partial charge in [0.25, 0.3) is 0 Å². The molecule has 0 saturated heterocycles. The molecule has 19 heavy (non-hydrogen) atoms. The second-order valence-corrected chi connectivity index (χ2v) is 5.11. The first-order valence-corrected chi connectivity index (χ1v) is 7.24. The fourth-order valence-corrected chi connectivity index (χ4v) is 1.98. The number of halogens is 1. The summed E-state index contributed by atoms with van der Waals surface area (Å²) in [5, 5.41) is 0. The second kappa shape index (κ2) is 6.73. The molecular formula is C12H10BrNO4P+. The van der Waals surface area contributed by atoms with E-state index in [2.05, 4.69) is 25.4 Å². The van der Waals surface area contributed by atoms with Gasteiger partial charge in [0.05, 0.1) is 0 Å². The molecule has 1 aromatic carbocycles. The molecule has 0 aliphatic carbocycles. The van der Waals surface area contributed by atoms with Gasteiger partial charge in [0.2, 0.25) is 5.88 Å². The van der Waals surface area contributed by atoms with Gasteiger partial charge in [0.15, 0.2) is 0 Å². The van der Waals surface area contributed by atoms with Gasteiger partial charge in [-0.2, -0.15) is 0 Å².